The van der Waals surface area contributed by atoms with Gasteiger partial charge < -0.3 is 14.6 Å². The van der Waals surface area contributed by atoms with Gasteiger partial charge in [0.2, 0.25) is 0 Å². The quantitative estimate of drug-likeness (QED) is 0.894. The van der Waals surface area contributed by atoms with Crippen LogP contribution in [0.15, 0.2) is 29.1 Å². The van der Waals surface area contributed by atoms with Crippen LogP contribution in [0.5, 0.6) is 0 Å². The molecule has 3 heterocycles. The smallest absolute Gasteiger partial charge is 0.251 e. The van der Waals surface area contributed by atoms with Gasteiger partial charge in [-0.1, -0.05) is 19.1 Å². The number of nitrogens with zero attached hydrogens (tertiary/aromatic N) is 2. The minimum absolute atomic E-state index is 0.00316. The first-order valence-corrected chi connectivity index (χ1v) is 9.91. The number of aromatic amines is 1. The summed E-state index contributed by atoms with van der Waals surface area (Å²) in [4.78, 5) is 31.8. The second-order valence-electron chi connectivity index (χ2n) is 7.50. The van der Waals surface area contributed by atoms with Crippen molar-refractivity contribution >= 4 is 16.8 Å². The minimum atomic E-state index is -0.220. The minimum Gasteiger partial charge on any atom is -0.368 e. The zero-order chi connectivity index (χ0) is 18.8. The van der Waals surface area contributed by atoms with Gasteiger partial charge in [-0.2, -0.15) is 0 Å². The zero-order valence-corrected chi connectivity index (χ0v) is 15.9. The molecule has 0 aliphatic carbocycles. The number of piperazine rings is 1. The molecule has 1 atom stereocenters. The Bertz CT molecular complexity index is 878. The van der Waals surface area contributed by atoms with Gasteiger partial charge in [0.15, 0.2) is 0 Å². The van der Waals surface area contributed by atoms with E-state index in [1.54, 1.807) is 0 Å². The number of nitrogens with one attached hydrogen (secondary N) is 1. The predicted octanol–water partition coefficient (Wildman–Crippen LogP) is 1.91. The van der Waals surface area contributed by atoms with Crippen LogP contribution in [-0.4, -0.2) is 59.6 Å². The SMILES string of the molecule is CCc1cc2ccc(CN3CCN(C(=O)C4CCCO4)CC3)cc2[nH]c1=O. The summed E-state index contributed by atoms with van der Waals surface area (Å²) < 4.78 is 5.52. The van der Waals surface area contributed by atoms with Crippen molar-refractivity contribution in [2.75, 3.05) is 32.8 Å². The van der Waals surface area contributed by atoms with Crippen LogP contribution in [0.1, 0.15) is 30.9 Å². The van der Waals surface area contributed by atoms with E-state index in [-0.39, 0.29) is 17.6 Å². The number of aryl methyl sites for hydroxylation is 1. The summed E-state index contributed by atoms with van der Waals surface area (Å²) in [5, 5.41) is 1.07. The molecule has 1 unspecified atom stereocenters. The number of pyridine rings is 1. The summed E-state index contributed by atoms with van der Waals surface area (Å²) in [7, 11) is 0. The molecule has 0 saturated carbocycles. The molecule has 1 aromatic heterocycles. The van der Waals surface area contributed by atoms with Gasteiger partial charge in [-0.3, -0.25) is 14.5 Å². The lowest BCUT2D eigenvalue weighted by atomic mass is 10.1. The van der Waals surface area contributed by atoms with Gasteiger partial charge in [0.05, 0.1) is 0 Å². The maximum absolute atomic E-state index is 12.4. The highest BCUT2D eigenvalue weighted by Gasteiger charge is 2.30. The Morgan fingerprint density at radius 3 is 2.74 bits per heavy atom. The predicted molar refractivity (Wildman–Crippen MR) is 105 cm³/mol. The van der Waals surface area contributed by atoms with Gasteiger partial charge in [0.25, 0.3) is 11.5 Å². The number of amides is 1. The van der Waals surface area contributed by atoms with Crippen molar-refractivity contribution in [3.8, 4) is 0 Å². The van der Waals surface area contributed by atoms with E-state index in [9.17, 15) is 9.59 Å². The van der Waals surface area contributed by atoms with Crippen molar-refractivity contribution in [3.63, 3.8) is 0 Å². The van der Waals surface area contributed by atoms with Crippen LogP contribution < -0.4 is 5.56 Å². The molecule has 0 bridgehead atoms. The van der Waals surface area contributed by atoms with E-state index in [2.05, 4.69) is 28.1 Å². The average Bonchev–Trinajstić information content (AvgIpc) is 3.22. The van der Waals surface area contributed by atoms with Crippen LogP contribution in [0.4, 0.5) is 0 Å². The fraction of sp³-hybridized carbons (Fsp3) is 0.524. The fourth-order valence-corrected chi connectivity index (χ4v) is 4.01. The number of fused-ring (bicyclic) bond motifs is 1. The van der Waals surface area contributed by atoms with E-state index in [4.69, 9.17) is 4.74 Å². The molecule has 6 heteroatoms. The number of hydrogen-bond acceptors (Lipinski definition) is 4. The Morgan fingerprint density at radius 2 is 2.04 bits per heavy atom. The van der Waals surface area contributed by atoms with E-state index in [1.807, 2.05) is 17.9 Å². The third kappa shape index (κ3) is 3.92. The monoisotopic (exact) mass is 369 g/mol. The van der Waals surface area contributed by atoms with Crippen LogP contribution in [0, 0.1) is 0 Å². The molecule has 2 fully saturated rings. The Morgan fingerprint density at radius 1 is 1.22 bits per heavy atom. The summed E-state index contributed by atoms with van der Waals surface area (Å²) >= 11 is 0. The number of hydrogen-bond donors (Lipinski definition) is 1. The summed E-state index contributed by atoms with van der Waals surface area (Å²) in [6.45, 7) is 6.76. The van der Waals surface area contributed by atoms with Crippen molar-refractivity contribution in [2.45, 2.75) is 38.8 Å². The first-order chi connectivity index (χ1) is 13.1. The van der Waals surface area contributed by atoms with Crippen LogP contribution >= 0.6 is 0 Å². The van der Waals surface area contributed by atoms with Crippen molar-refractivity contribution in [2.24, 2.45) is 0 Å². The molecule has 2 saturated heterocycles. The van der Waals surface area contributed by atoms with E-state index >= 15 is 0 Å². The lowest BCUT2D eigenvalue weighted by Gasteiger charge is -2.35. The Balaban J connectivity index is 1.38. The number of carbonyl (C=O) groups is 1. The van der Waals surface area contributed by atoms with Gasteiger partial charge >= 0.3 is 0 Å². The number of ether oxygens (including phenoxy) is 1. The molecule has 2 aromatic rings. The van der Waals surface area contributed by atoms with Gasteiger partial charge in [0, 0.05) is 50.4 Å². The van der Waals surface area contributed by atoms with Crippen molar-refractivity contribution in [1.29, 1.82) is 0 Å². The normalized spacial score (nSPS) is 21.1. The molecular formula is C21H27N3O3. The highest BCUT2D eigenvalue weighted by molar-refractivity contribution is 5.81. The highest BCUT2D eigenvalue weighted by Crippen LogP contribution is 2.18. The maximum atomic E-state index is 12.4. The second kappa shape index (κ2) is 7.82. The molecule has 0 spiro atoms. The molecule has 6 nitrogen and oxygen atoms in total. The average molecular weight is 369 g/mol. The molecule has 4 rings (SSSR count). The van der Waals surface area contributed by atoms with E-state index in [1.165, 1.54) is 5.56 Å². The maximum Gasteiger partial charge on any atom is 0.251 e. The van der Waals surface area contributed by atoms with E-state index < -0.39 is 0 Å². The molecule has 0 radical (unpaired) electrons. The Labute approximate surface area is 159 Å². The van der Waals surface area contributed by atoms with Crippen LogP contribution in [0.2, 0.25) is 0 Å². The number of aromatic nitrogens is 1. The van der Waals surface area contributed by atoms with Gasteiger partial charge in [-0.15, -0.1) is 0 Å². The number of carbonyl (C=O) groups excluding carboxylic acids is 1. The third-order valence-electron chi connectivity index (χ3n) is 5.66. The summed E-state index contributed by atoms with van der Waals surface area (Å²) in [6.07, 6.45) is 2.36. The number of rotatable bonds is 4. The van der Waals surface area contributed by atoms with Crippen LogP contribution in [0.3, 0.4) is 0 Å². The molecule has 1 amide bonds. The van der Waals surface area contributed by atoms with E-state index in [0.717, 1.165) is 68.5 Å². The van der Waals surface area contributed by atoms with Crippen LogP contribution in [-0.2, 0) is 22.5 Å². The summed E-state index contributed by atoms with van der Waals surface area (Å²) in [6, 6.07) is 8.26. The van der Waals surface area contributed by atoms with E-state index in [0.29, 0.717) is 6.61 Å². The van der Waals surface area contributed by atoms with Gasteiger partial charge in [0.1, 0.15) is 6.10 Å². The Hall–Kier alpha value is -2.18. The first kappa shape index (κ1) is 18.2. The fourth-order valence-electron chi connectivity index (χ4n) is 4.01. The zero-order valence-electron chi connectivity index (χ0n) is 15.9. The van der Waals surface area contributed by atoms with Crippen LogP contribution in [0.25, 0.3) is 10.9 Å². The third-order valence-corrected chi connectivity index (χ3v) is 5.66. The molecule has 2 aliphatic heterocycles. The molecule has 27 heavy (non-hydrogen) atoms. The molecule has 2 aliphatic rings. The molecule has 1 N–H and O–H groups in total. The first-order valence-electron chi connectivity index (χ1n) is 9.91. The van der Waals surface area contributed by atoms with Crippen molar-refractivity contribution < 1.29 is 9.53 Å². The van der Waals surface area contributed by atoms with Gasteiger partial charge in [-0.05, 0) is 42.3 Å². The highest BCUT2D eigenvalue weighted by atomic mass is 16.5. The van der Waals surface area contributed by atoms with Crippen molar-refractivity contribution in [1.82, 2.24) is 14.8 Å². The Kier molecular flexibility index (Phi) is 5.27. The van der Waals surface area contributed by atoms with Gasteiger partial charge in [-0.25, -0.2) is 0 Å². The second-order valence-corrected chi connectivity index (χ2v) is 7.50. The molecule has 1 aromatic carbocycles. The topological polar surface area (TPSA) is 65.6 Å². The summed E-state index contributed by atoms with van der Waals surface area (Å²) in [5.41, 5.74) is 2.90. The number of benzene rings is 1. The largest absolute Gasteiger partial charge is 0.368 e. The lowest BCUT2D eigenvalue weighted by molar-refractivity contribution is -0.142. The number of H-pyrrole nitrogens is 1. The molecular weight excluding hydrogens is 342 g/mol. The summed E-state index contributed by atoms with van der Waals surface area (Å²) in [5.74, 6) is 0.155. The van der Waals surface area contributed by atoms with Crippen molar-refractivity contribution in [3.05, 3.63) is 45.7 Å². The lowest BCUT2D eigenvalue weighted by Crippen LogP contribution is -2.51. The molecule has 144 valence electrons. The standard InChI is InChI=1S/C21H27N3O3/c1-2-16-13-17-6-5-15(12-18(17)22-20(16)25)14-23-7-9-24(10-8-23)21(26)19-4-3-11-27-19/h5-6,12-13,19H,2-4,7-11,14H2,1H3,(H,22,25).